The van der Waals surface area contributed by atoms with Crippen LogP contribution in [0.1, 0.15) is 198 Å². The summed E-state index contributed by atoms with van der Waals surface area (Å²) in [6.45, 7) is 47.8. The van der Waals surface area contributed by atoms with Gasteiger partial charge in [0.05, 0.1) is 104 Å². The van der Waals surface area contributed by atoms with Gasteiger partial charge in [0.1, 0.15) is 97.0 Å². The van der Waals surface area contributed by atoms with Gasteiger partial charge in [-0.15, -0.1) is 0 Å². The van der Waals surface area contributed by atoms with Crippen molar-refractivity contribution in [3.8, 4) is 6.07 Å². The van der Waals surface area contributed by atoms with E-state index in [4.69, 9.17) is 127 Å². The quantitative estimate of drug-likeness (QED) is 0.0134. The second-order valence-electron chi connectivity index (χ2n) is 31.5. The van der Waals surface area contributed by atoms with Crippen molar-refractivity contribution < 1.29 is 105 Å². The van der Waals surface area contributed by atoms with Crippen molar-refractivity contribution in [3.63, 3.8) is 0 Å². The highest BCUT2D eigenvalue weighted by Gasteiger charge is 2.50. The average molecular weight is 1790 g/mol. The van der Waals surface area contributed by atoms with Crippen LogP contribution in [0, 0.1) is 24.8 Å². The fraction of sp³-hybridized carbons (Fsp3) is 0.798. The van der Waals surface area contributed by atoms with E-state index in [1.54, 1.807) is 66.7 Å². The number of anilines is 1. The summed E-state index contributed by atoms with van der Waals surface area (Å²) >= 11 is 6.44. The highest BCUT2D eigenvalue weighted by atomic mass is 35.7. The first-order valence-corrected chi connectivity index (χ1v) is 47.0. The molecule has 6 N–H and O–H groups in total. The second kappa shape index (κ2) is 56.9. The summed E-state index contributed by atoms with van der Waals surface area (Å²) in [5, 5.41) is 52.2. The van der Waals surface area contributed by atoms with Gasteiger partial charge in [-0.1, -0.05) is 77.9 Å². The lowest BCUT2D eigenvalue weighted by Crippen LogP contribution is -2.42. The largest absolute Gasteiger partial charge is 0.388 e. The SMILES string of the molecule is CC(C)N=P(Cl)(CCC#N)C(C)C.CC[C@H]1O[C@@H](n2cc(C)c(=O)[nH]c2=O)[C@@H](O[C@H](C)[C@@H](C)OC)C1O.CC[C@H]1O[C@@H](n2ccc(NC(=O)c3ccccc3)nc2=O)[C@@H](O[C@H](C)[C@@H](C)OC)C1O.[B][C@@H]1O[C@H](CC)C(O)[C@@H]1O[C@H](C)[C@@H](C)OC.[B][C@@H]1O[C@H](CC)C(O)[C@@H]1O[C@H](C)[C@@H](C)OC.[B][C@@H]1O[C@H](CC)C(OP(C)OCC[N+]#[C-])[C@@H]1O[C@H](C)[C@@H](C)OC. The Morgan fingerprint density at radius 3 is 1.36 bits per heavy atom. The number of aryl methyl sites for hydroxylation is 1. The summed E-state index contributed by atoms with van der Waals surface area (Å²) in [5.41, 5.74) is -0.451. The molecule has 6 radical (unpaired) electrons. The molecule has 33 nitrogen and oxygen atoms in total. The zero-order chi connectivity index (χ0) is 93.0. The first-order valence-electron chi connectivity index (χ1n) is 42.5. The van der Waals surface area contributed by atoms with Crippen LogP contribution in [0.4, 0.5) is 5.82 Å². The molecule has 0 spiro atoms. The summed E-state index contributed by atoms with van der Waals surface area (Å²) in [4.78, 5) is 58.2. The number of ether oxygens (including phenoxy) is 15. The molecule has 2 aromatic heterocycles. The molecule has 7 unspecified atom stereocenters. The van der Waals surface area contributed by atoms with E-state index in [1.165, 1.54) is 27.6 Å². The molecular weight excluding hydrogens is 1650 g/mol. The van der Waals surface area contributed by atoms with Crippen molar-refractivity contribution in [1.82, 2.24) is 19.1 Å². The van der Waals surface area contributed by atoms with E-state index < -0.39 is 123 Å². The molecule has 7 heterocycles. The van der Waals surface area contributed by atoms with Gasteiger partial charge in [0.15, 0.2) is 20.8 Å². The molecule has 3 aromatic rings. The average Bonchev–Trinajstić information content (AvgIpc) is 1.65. The molecule has 32 atom stereocenters. The summed E-state index contributed by atoms with van der Waals surface area (Å²) in [6, 6.07) is 10.9. The molecule has 5 fully saturated rings. The van der Waals surface area contributed by atoms with Gasteiger partial charge in [0.25, 0.3) is 11.5 Å². The molecule has 5 aliphatic rings. The fourth-order valence-electron chi connectivity index (χ4n) is 13.2. The Balaban J connectivity index is 0.000000390. The van der Waals surface area contributed by atoms with Crippen LogP contribution >= 0.6 is 26.0 Å². The standard InChI is InChI=1S/C22H29N3O6.C16H26N2O6.C15H27BNO5P.2C11H21BO4.C9H18ClN2P/c1-5-16-18(26)19(30-14(3)13(2)29-4)21(31-16)25-12-11-17(24-22(25)28)23-20(27)15-9-7-6-8-10-15;1-6-11-12(19)13(23-10(4)9(3)22-5)15(24-11)18-7-8(2)14(20)17-16(18)21;1-7-12-13(22-23(6)19-9-8-17-4)14(15(16)21-12)20-11(3)10(2)18-5;2*1-5-8-9(13)10(11(12)16-8)15-7(3)6(2)14-4;1-8(2)12-13(10,9(3)4)7-5-6-11/h6-14,16,18-19,21,26H,5H2,1-4H3,(H,23,24,27,28);7,9-13,15,19H,6H2,1-5H3,(H,17,20,21);10-15H,7-9H2,1-3,5-6H3;2*6-11,13H,5H2,1-4H3;8-9H,5,7H2,1-4H3/t13-,14-,16-,18?,19+,21-;9-,10-,11-,12?,13+,15-;10-,11-,12-,13?,14+,15-,23?;2*6-,7-,8-,9?,10+,11-;/m11111./s1. The molecule has 1 amide bonds. The summed E-state index contributed by atoms with van der Waals surface area (Å²) in [7, 11) is 24.6. The van der Waals surface area contributed by atoms with E-state index in [-0.39, 0.29) is 109 Å². The fourth-order valence-corrected chi connectivity index (χ4v) is 17.0. The Morgan fingerprint density at radius 2 is 0.984 bits per heavy atom. The Hall–Kier alpha value is -4.47. The van der Waals surface area contributed by atoms with E-state index in [2.05, 4.69) is 44.8 Å². The molecule has 0 saturated carbocycles. The van der Waals surface area contributed by atoms with E-state index in [0.717, 1.165) is 25.4 Å². The first kappa shape index (κ1) is 113. The topological polar surface area (TPSA) is 397 Å². The highest BCUT2D eigenvalue weighted by molar-refractivity contribution is 7.91. The van der Waals surface area contributed by atoms with Crippen LogP contribution in [-0.2, 0) is 80.1 Å². The molecule has 5 saturated heterocycles. The maximum atomic E-state index is 12.7. The van der Waals surface area contributed by atoms with Crippen LogP contribution in [0.2, 0.25) is 0 Å². The number of rotatable bonds is 38. The maximum Gasteiger partial charge on any atom is 0.351 e. The number of aromatic amines is 1. The lowest BCUT2D eigenvalue weighted by molar-refractivity contribution is -0.129. The van der Waals surface area contributed by atoms with Crippen LogP contribution in [0.15, 0.2) is 67.9 Å². The number of nitrogens with one attached hydrogen (secondary N) is 2. The summed E-state index contributed by atoms with van der Waals surface area (Å²) in [6.07, 6.45) is -5.23. The lowest BCUT2D eigenvalue weighted by atomic mass is 9.92. The van der Waals surface area contributed by atoms with Gasteiger partial charge in [-0.05, 0) is 140 Å². The number of hydrogen-bond acceptors (Lipinski definition) is 28. The third kappa shape index (κ3) is 34.4. The number of nitriles is 1. The van der Waals surface area contributed by atoms with Crippen molar-refractivity contribution in [2.24, 2.45) is 4.74 Å². The number of aliphatic hydroxyl groups excluding tert-OH is 4. The lowest BCUT2D eigenvalue weighted by Gasteiger charge is -2.30. The molecule has 0 aliphatic carbocycles. The highest BCUT2D eigenvalue weighted by Crippen LogP contribution is 2.60. The number of methoxy groups -OCH3 is 5. The molecule has 0 bridgehead atoms. The third-order valence-corrected chi connectivity index (χ3v) is 28.4. The number of halogens is 1. The predicted molar refractivity (Wildman–Crippen MR) is 475 cm³/mol. The maximum absolute atomic E-state index is 12.7. The minimum absolute atomic E-state index is 0.0416. The molecule has 123 heavy (non-hydrogen) atoms. The van der Waals surface area contributed by atoms with Crippen LogP contribution in [0.25, 0.3) is 4.85 Å². The predicted octanol–water partition coefficient (Wildman–Crippen LogP) is 9.65. The number of aromatic nitrogens is 4. The zero-order valence-corrected chi connectivity index (χ0v) is 79.6. The number of amides is 1. The first-order chi connectivity index (χ1) is 58.0. The number of aliphatic hydroxyl groups is 4. The minimum Gasteiger partial charge on any atom is -0.388 e. The van der Waals surface area contributed by atoms with E-state index in [9.17, 15) is 39.6 Å². The van der Waals surface area contributed by atoms with E-state index in [0.29, 0.717) is 49.2 Å². The summed E-state index contributed by atoms with van der Waals surface area (Å²) in [5.74, 6) is -0.244. The number of nitrogens with zero attached hydrogens (tertiary/aromatic N) is 6. The molecule has 39 heteroatoms. The Labute approximate surface area is 739 Å². The normalized spacial score (nSPS) is 29.7. The number of H-pyrrole nitrogens is 1. The van der Waals surface area contributed by atoms with Gasteiger partial charge >= 0.3 is 11.4 Å². The second-order valence-corrected chi connectivity index (χ2v) is 37.8. The van der Waals surface area contributed by atoms with E-state index in [1.807, 2.05) is 130 Å². The number of hydrogen-bond donors (Lipinski definition) is 6. The number of carbonyl (C=O) groups is 1. The zero-order valence-electron chi connectivity index (χ0n) is 77.0. The van der Waals surface area contributed by atoms with Gasteiger partial charge in [0.2, 0.25) is 6.54 Å². The monoisotopic (exact) mass is 1790 g/mol. The summed E-state index contributed by atoms with van der Waals surface area (Å²) < 4.78 is 103. The van der Waals surface area contributed by atoms with Crippen molar-refractivity contribution in [1.29, 1.82) is 5.26 Å². The molecular formula is C84H142B3ClN8O25P2. The van der Waals surface area contributed by atoms with Crippen molar-refractivity contribution in [3.05, 3.63) is 103 Å². The van der Waals surface area contributed by atoms with Crippen molar-refractivity contribution in [2.45, 2.75) is 372 Å². The smallest absolute Gasteiger partial charge is 0.351 e. The Morgan fingerprint density at radius 1 is 0.602 bits per heavy atom. The Kier molecular flexibility index (Phi) is 52.1. The van der Waals surface area contributed by atoms with Crippen LogP contribution in [0.3, 0.4) is 0 Å². The molecule has 5 aliphatic heterocycles. The van der Waals surface area contributed by atoms with Crippen molar-refractivity contribution in [2.75, 3.05) is 66.8 Å². The molecule has 694 valence electrons. The van der Waals surface area contributed by atoms with Gasteiger partial charge in [0, 0.05) is 108 Å². The van der Waals surface area contributed by atoms with Crippen LogP contribution in [0.5, 0.6) is 0 Å². The minimum atomic E-state index is -1.74. The van der Waals surface area contributed by atoms with Crippen LogP contribution in [-0.4, -0.2) is 313 Å². The molecule has 8 rings (SSSR count). The van der Waals surface area contributed by atoms with E-state index >= 15 is 0 Å². The van der Waals surface area contributed by atoms with Gasteiger partial charge in [-0.3, -0.25) is 28.5 Å². The van der Waals surface area contributed by atoms with Gasteiger partial charge < -0.3 is 111 Å². The third-order valence-electron chi connectivity index (χ3n) is 22.1. The molecule has 1 aromatic carbocycles. The number of benzene rings is 1. The van der Waals surface area contributed by atoms with Crippen LogP contribution < -0.4 is 22.3 Å². The van der Waals surface area contributed by atoms with Gasteiger partial charge in [-0.2, -0.15) is 10.2 Å². The van der Waals surface area contributed by atoms with Crippen molar-refractivity contribution >= 4 is 61.3 Å². The Bertz CT molecular complexity index is 3780. The van der Waals surface area contributed by atoms with Gasteiger partial charge in [-0.25, -0.2) is 16.2 Å². The number of carbonyl (C=O) groups excluding carboxylic acids is 1.